The van der Waals surface area contributed by atoms with Crippen molar-refractivity contribution in [2.24, 2.45) is 0 Å². The molecule has 1 fully saturated rings. The van der Waals surface area contributed by atoms with Gasteiger partial charge in [-0.15, -0.1) is 0 Å². The second kappa shape index (κ2) is 3.42. The van der Waals surface area contributed by atoms with Crippen LogP contribution in [0.3, 0.4) is 0 Å². The Labute approximate surface area is 81.3 Å². The molecule has 1 aromatic heterocycles. The Morgan fingerprint density at radius 1 is 1.79 bits per heavy atom. The largest absolute Gasteiger partial charge is 0.391 e. The first-order valence-electron chi connectivity index (χ1n) is 4.53. The molecule has 5 heteroatoms. The second-order valence-electron chi connectivity index (χ2n) is 3.57. The zero-order valence-corrected chi connectivity index (χ0v) is 7.93. The van der Waals surface area contributed by atoms with Gasteiger partial charge in [0.05, 0.1) is 24.8 Å². The van der Waals surface area contributed by atoms with Crippen molar-refractivity contribution in [3.05, 3.63) is 17.5 Å². The number of aromatic nitrogens is 1. The van der Waals surface area contributed by atoms with E-state index in [1.807, 2.05) is 6.92 Å². The van der Waals surface area contributed by atoms with Crippen LogP contribution < -0.4 is 0 Å². The first-order valence-corrected chi connectivity index (χ1v) is 4.53. The molecule has 14 heavy (non-hydrogen) atoms. The summed E-state index contributed by atoms with van der Waals surface area (Å²) in [7, 11) is 0. The molecule has 1 amide bonds. The molecule has 2 rings (SSSR count). The quantitative estimate of drug-likeness (QED) is 0.727. The van der Waals surface area contributed by atoms with Gasteiger partial charge in [0, 0.05) is 12.6 Å². The van der Waals surface area contributed by atoms with Crippen LogP contribution in [0.2, 0.25) is 0 Å². The second-order valence-corrected chi connectivity index (χ2v) is 3.57. The number of aliphatic hydroxyl groups is 1. The molecule has 0 bridgehead atoms. The number of amides is 1. The fraction of sp³-hybridized carbons (Fsp3) is 0.556. The molecule has 0 aliphatic carbocycles. The van der Waals surface area contributed by atoms with Gasteiger partial charge in [0.2, 0.25) is 5.91 Å². The van der Waals surface area contributed by atoms with Crippen molar-refractivity contribution in [3.63, 3.8) is 0 Å². The number of carbonyl (C=O) groups excluding carboxylic acids is 1. The van der Waals surface area contributed by atoms with E-state index in [1.165, 1.54) is 0 Å². The highest BCUT2D eigenvalue weighted by atomic mass is 16.5. The molecule has 1 N–H and O–H groups in total. The van der Waals surface area contributed by atoms with E-state index in [-0.39, 0.29) is 12.3 Å². The smallest absolute Gasteiger partial charge is 0.225 e. The van der Waals surface area contributed by atoms with Gasteiger partial charge in [-0.25, -0.2) is 0 Å². The number of hydrogen-bond acceptors (Lipinski definition) is 4. The van der Waals surface area contributed by atoms with Crippen molar-refractivity contribution >= 4 is 5.91 Å². The molecule has 2 heterocycles. The summed E-state index contributed by atoms with van der Waals surface area (Å²) in [6, 6.07) is 1.79. The molecule has 1 aliphatic heterocycles. The van der Waals surface area contributed by atoms with Gasteiger partial charge in [-0.2, -0.15) is 0 Å². The van der Waals surface area contributed by atoms with E-state index in [4.69, 9.17) is 4.52 Å². The van der Waals surface area contributed by atoms with Gasteiger partial charge >= 0.3 is 0 Å². The normalized spacial score (nSPS) is 22.0. The lowest BCUT2D eigenvalue weighted by Crippen LogP contribution is -2.24. The Hall–Kier alpha value is -1.36. The van der Waals surface area contributed by atoms with E-state index in [1.54, 1.807) is 11.0 Å². The molecule has 1 atom stereocenters. The van der Waals surface area contributed by atoms with Crippen LogP contribution in [0.4, 0.5) is 0 Å². The number of aliphatic hydroxyl groups excluding tert-OH is 1. The van der Waals surface area contributed by atoms with Crippen molar-refractivity contribution in [3.8, 4) is 0 Å². The molecular formula is C9H12N2O3. The lowest BCUT2D eigenvalue weighted by molar-refractivity contribution is -0.128. The third kappa shape index (κ3) is 1.77. The molecule has 0 aromatic carbocycles. The SMILES string of the molecule is Cc1cc(CN2CC(O)CC2=O)on1. The summed E-state index contributed by atoms with van der Waals surface area (Å²) in [6.45, 7) is 2.61. The summed E-state index contributed by atoms with van der Waals surface area (Å²) in [5.41, 5.74) is 0.798. The number of rotatable bonds is 2. The summed E-state index contributed by atoms with van der Waals surface area (Å²) >= 11 is 0. The van der Waals surface area contributed by atoms with Crippen LogP contribution in [-0.4, -0.2) is 33.7 Å². The van der Waals surface area contributed by atoms with E-state index in [2.05, 4.69) is 5.16 Å². The number of hydrogen-bond donors (Lipinski definition) is 1. The highest BCUT2D eigenvalue weighted by molar-refractivity contribution is 5.78. The molecule has 5 nitrogen and oxygen atoms in total. The Kier molecular flexibility index (Phi) is 2.25. The van der Waals surface area contributed by atoms with Gasteiger partial charge < -0.3 is 14.5 Å². The lowest BCUT2D eigenvalue weighted by atomic mass is 10.3. The molecule has 0 saturated carbocycles. The predicted molar refractivity (Wildman–Crippen MR) is 47.3 cm³/mol. The molecule has 76 valence electrons. The van der Waals surface area contributed by atoms with Crippen molar-refractivity contribution in [1.29, 1.82) is 0 Å². The molecule has 1 aliphatic rings. The van der Waals surface area contributed by atoms with Crippen LogP contribution in [0.25, 0.3) is 0 Å². The van der Waals surface area contributed by atoms with Gasteiger partial charge in [0.15, 0.2) is 5.76 Å². The van der Waals surface area contributed by atoms with Crippen LogP contribution in [0.1, 0.15) is 17.9 Å². The molecule has 1 aromatic rings. The first kappa shape index (κ1) is 9.21. The van der Waals surface area contributed by atoms with Crippen LogP contribution in [0.5, 0.6) is 0 Å². The average Bonchev–Trinajstić information content (AvgIpc) is 2.61. The molecule has 0 radical (unpaired) electrons. The standard InChI is InChI=1S/C9H12N2O3/c1-6-2-8(14-10-6)5-11-4-7(12)3-9(11)13/h2,7,12H,3-5H2,1H3. The van der Waals surface area contributed by atoms with E-state index in [0.717, 1.165) is 5.69 Å². The van der Waals surface area contributed by atoms with Crippen molar-refractivity contribution in [1.82, 2.24) is 10.1 Å². The number of β-amino-alcohol motifs (C(OH)–C–C–N with tert-alkyl or cyclic N) is 1. The van der Waals surface area contributed by atoms with Gasteiger partial charge in [-0.3, -0.25) is 4.79 Å². The molecule has 1 unspecified atom stereocenters. The fourth-order valence-electron chi connectivity index (χ4n) is 1.58. The summed E-state index contributed by atoms with van der Waals surface area (Å²) in [5.74, 6) is 0.622. The minimum absolute atomic E-state index is 0.0356. The molecule has 0 spiro atoms. The molecular weight excluding hydrogens is 184 g/mol. The Morgan fingerprint density at radius 2 is 2.57 bits per heavy atom. The highest BCUT2D eigenvalue weighted by Gasteiger charge is 2.28. The van der Waals surface area contributed by atoms with Crippen molar-refractivity contribution in [2.75, 3.05) is 6.54 Å². The van der Waals surface area contributed by atoms with E-state index >= 15 is 0 Å². The van der Waals surface area contributed by atoms with E-state index in [0.29, 0.717) is 18.8 Å². The highest BCUT2D eigenvalue weighted by Crippen LogP contribution is 2.15. The first-order chi connectivity index (χ1) is 6.65. The fourth-order valence-corrected chi connectivity index (χ4v) is 1.58. The minimum Gasteiger partial charge on any atom is -0.391 e. The van der Waals surface area contributed by atoms with Crippen molar-refractivity contribution < 1.29 is 14.4 Å². The van der Waals surface area contributed by atoms with Gasteiger partial charge in [-0.1, -0.05) is 5.16 Å². The minimum atomic E-state index is -0.536. The van der Waals surface area contributed by atoms with Crippen LogP contribution in [-0.2, 0) is 11.3 Å². The summed E-state index contributed by atoms with van der Waals surface area (Å²) in [5, 5.41) is 13.0. The van der Waals surface area contributed by atoms with Crippen LogP contribution in [0, 0.1) is 6.92 Å². The maximum absolute atomic E-state index is 11.3. The maximum atomic E-state index is 11.3. The summed E-state index contributed by atoms with van der Waals surface area (Å²) in [4.78, 5) is 12.9. The number of aryl methyl sites for hydroxylation is 1. The maximum Gasteiger partial charge on any atom is 0.225 e. The zero-order valence-electron chi connectivity index (χ0n) is 7.93. The average molecular weight is 196 g/mol. The lowest BCUT2D eigenvalue weighted by Gasteiger charge is -2.12. The summed E-state index contributed by atoms with van der Waals surface area (Å²) < 4.78 is 4.98. The van der Waals surface area contributed by atoms with Gasteiger partial charge in [-0.05, 0) is 6.92 Å². The molecule has 1 saturated heterocycles. The third-order valence-electron chi connectivity index (χ3n) is 2.22. The van der Waals surface area contributed by atoms with Crippen LogP contribution in [0.15, 0.2) is 10.6 Å². The Bertz CT molecular complexity index is 348. The van der Waals surface area contributed by atoms with Crippen molar-refractivity contribution in [2.45, 2.75) is 26.0 Å². The van der Waals surface area contributed by atoms with Gasteiger partial charge in [0.1, 0.15) is 0 Å². The third-order valence-corrected chi connectivity index (χ3v) is 2.22. The van der Waals surface area contributed by atoms with E-state index < -0.39 is 6.10 Å². The zero-order chi connectivity index (χ0) is 10.1. The predicted octanol–water partition coefficient (Wildman–Crippen LogP) is 0.0762. The van der Waals surface area contributed by atoms with Crippen LogP contribution >= 0.6 is 0 Å². The monoisotopic (exact) mass is 196 g/mol. The number of nitrogens with zero attached hydrogens (tertiary/aromatic N) is 2. The number of likely N-dealkylation sites (tertiary alicyclic amines) is 1. The van der Waals surface area contributed by atoms with E-state index in [9.17, 15) is 9.90 Å². The summed E-state index contributed by atoms with van der Waals surface area (Å²) in [6.07, 6.45) is -0.320. The van der Waals surface area contributed by atoms with Gasteiger partial charge in [0.25, 0.3) is 0 Å². The topological polar surface area (TPSA) is 66.6 Å². The Balaban J connectivity index is 2.01. The Morgan fingerprint density at radius 3 is 3.07 bits per heavy atom. The number of carbonyl (C=O) groups is 1.